The van der Waals surface area contributed by atoms with Crippen LogP contribution in [0, 0.1) is 0 Å². The Bertz CT molecular complexity index is 3780. The van der Waals surface area contributed by atoms with E-state index in [1.165, 1.54) is 99.8 Å². The molecule has 0 bridgehead atoms. The minimum absolute atomic E-state index is 0.00183. The first kappa shape index (κ1) is 43.6. The van der Waals surface area contributed by atoms with E-state index >= 15 is 0 Å². The van der Waals surface area contributed by atoms with Gasteiger partial charge in [0.05, 0.1) is 5.41 Å². The van der Waals surface area contributed by atoms with Gasteiger partial charge in [-0.1, -0.05) is 203 Å². The average molecular weight is 920 g/mol. The van der Waals surface area contributed by atoms with Gasteiger partial charge in [0.2, 0.25) is 0 Å². The van der Waals surface area contributed by atoms with Crippen molar-refractivity contribution >= 4 is 39.0 Å². The minimum Gasteiger partial charge on any atom is -0.456 e. The molecule has 2 heteroatoms. The largest absolute Gasteiger partial charge is 0.456 e. The van der Waals surface area contributed by atoms with Crippen LogP contribution in [-0.4, -0.2) is 0 Å². The van der Waals surface area contributed by atoms with E-state index in [1.807, 2.05) is 0 Å². The van der Waals surface area contributed by atoms with E-state index in [0.29, 0.717) is 0 Å². The van der Waals surface area contributed by atoms with Gasteiger partial charge >= 0.3 is 0 Å². The van der Waals surface area contributed by atoms with Crippen LogP contribution in [0.25, 0.3) is 55.3 Å². The minimum atomic E-state index is -0.478. The van der Waals surface area contributed by atoms with Crippen LogP contribution in [-0.2, 0) is 27.1 Å². The maximum absolute atomic E-state index is 7.02. The Morgan fingerprint density at radius 1 is 0.366 bits per heavy atom. The van der Waals surface area contributed by atoms with Gasteiger partial charge in [0, 0.05) is 44.2 Å². The van der Waals surface area contributed by atoms with E-state index < -0.39 is 5.41 Å². The highest BCUT2D eigenvalue weighted by Gasteiger charge is 2.46. The third kappa shape index (κ3) is 6.13. The summed E-state index contributed by atoms with van der Waals surface area (Å²) < 4.78 is 7.02. The van der Waals surface area contributed by atoms with Crippen molar-refractivity contribution in [2.75, 3.05) is 4.90 Å². The summed E-state index contributed by atoms with van der Waals surface area (Å²) in [5.41, 5.74) is 25.3. The summed E-state index contributed by atoms with van der Waals surface area (Å²) in [6.45, 7) is 23.4. The van der Waals surface area contributed by atoms with E-state index in [1.54, 1.807) is 0 Å². The summed E-state index contributed by atoms with van der Waals surface area (Å²) in [7, 11) is 0. The fourth-order valence-electron chi connectivity index (χ4n) is 13.1. The van der Waals surface area contributed by atoms with Crippen LogP contribution in [0.15, 0.2) is 192 Å². The predicted molar refractivity (Wildman–Crippen MR) is 298 cm³/mol. The molecule has 0 amide bonds. The molecule has 0 unspecified atom stereocenters. The third-order valence-corrected chi connectivity index (χ3v) is 16.8. The molecule has 0 saturated heterocycles. The fraction of sp³-hybridized carbons (Fsp3) is 0.217. The molecule has 2 nitrogen and oxygen atoms in total. The predicted octanol–water partition coefficient (Wildman–Crippen LogP) is 18.6. The molecule has 1 heterocycles. The molecule has 3 aliphatic carbocycles. The highest BCUT2D eigenvalue weighted by molar-refractivity contribution is 6.09. The molecule has 0 aliphatic heterocycles. The first-order chi connectivity index (χ1) is 34.0. The number of hydrogen-bond donors (Lipinski definition) is 0. The standard InChI is InChI=1S/C69H61NO/c1-65(2,3)44-36-55-54-40-61-53(41-63(54)71-64(55)62(37-44)66(4,5)6)52-38-46(33-35-57(52)68(61,9)10)70(47-32-34-51-48-22-14-17-25-56(48)67(7,8)60(51)39-47)45-30-28-43(29-31-45)69(42-20-12-11-13-21-42)58-26-18-15-23-49(58)50-24-16-19-27-59(50)69/h11-41H,1-10H3. The van der Waals surface area contributed by atoms with Gasteiger partial charge in [0.15, 0.2) is 0 Å². The lowest BCUT2D eigenvalue weighted by molar-refractivity contribution is 0.559. The van der Waals surface area contributed by atoms with E-state index in [0.717, 1.165) is 28.2 Å². The molecule has 348 valence electrons. The smallest absolute Gasteiger partial charge is 0.139 e. The zero-order valence-electron chi connectivity index (χ0n) is 42.8. The van der Waals surface area contributed by atoms with Crippen LogP contribution in [0.4, 0.5) is 17.1 Å². The SMILES string of the molecule is CC(C)(C)c1cc(C(C)(C)C)c2oc3cc4c(cc3c2c1)C(C)(C)c1ccc(N(c2ccc(C3(c5ccccc5)c5ccccc5-c5ccccc53)cc2)c2ccc3c(c2)C(C)(C)c2ccccc2-3)cc1-4. The van der Waals surface area contributed by atoms with Crippen LogP contribution >= 0.6 is 0 Å². The van der Waals surface area contributed by atoms with Gasteiger partial charge in [-0.15, -0.1) is 0 Å². The van der Waals surface area contributed by atoms with Gasteiger partial charge in [-0.25, -0.2) is 0 Å². The molecular weight excluding hydrogens is 859 g/mol. The van der Waals surface area contributed by atoms with Gasteiger partial charge in [-0.05, 0) is 149 Å². The van der Waals surface area contributed by atoms with Crippen LogP contribution in [0.1, 0.15) is 125 Å². The van der Waals surface area contributed by atoms with Gasteiger partial charge in [0.25, 0.3) is 0 Å². The van der Waals surface area contributed by atoms with Gasteiger partial charge in [-0.3, -0.25) is 0 Å². The fourth-order valence-corrected chi connectivity index (χ4v) is 13.1. The lowest BCUT2D eigenvalue weighted by Gasteiger charge is -2.34. The Balaban J connectivity index is 1.01. The Morgan fingerprint density at radius 3 is 1.49 bits per heavy atom. The summed E-state index contributed by atoms with van der Waals surface area (Å²) in [5.74, 6) is 0. The van der Waals surface area contributed by atoms with Crippen molar-refractivity contribution in [2.24, 2.45) is 0 Å². The molecule has 0 fully saturated rings. The molecule has 0 saturated carbocycles. The molecule has 1 aromatic heterocycles. The highest BCUT2D eigenvalue weighted by atomic mass is 16.3. The second kappa shape index (κ2) is 14.8. The molecule has 0 spiro atoms. The zero-order chi connectivity index (χ0) is 49.0. The van der Waals surface area contributed by atoms with E-state index in [2.05, 4.69) is 262 Å². The number of benzene rings is 9. The molecule has 71 heavy (non-hydrogen) atoms. The monoisotopic (exact) mass is 919 g/mol. The lowest BCUT2D eigenvalue weighted by Crippen LogP contribution is -2.28. The highest BCUT2D eigenvalue weighted by Crippen LogP contribution is 2.58. The quantitative estimate of drug-likeness (QED) is 0.171. The van der Waals surface area contributed by atoms with Gasteiger partial charge < -0.3 is 9.32 Å². The van der Waals surface area contributed by atoms with E-state index in [-0.39, 0.29) is 21.7 Å². The number of furan rings is 1. The lowest BCUT2D eigenvalue weighted by atomic mass is 9.68. The number of anilines is 3. The van der Waals surface area contributed by atoms with Crippen LogP contribution in [0.5, 0.6) is 0 Å². The Labute approximate surface area is 419 Å². The Kier molecular flexibility index (Phi) is 9.09. The Hall–Kier alpha value is -7.42. The van der Waals surface area contributed by atoms with E-state index in [9.17, 15) is 0 Å². The molecule has 0 atom stereocenters. The first-order valence-corrected chi connectivity index (χ1v) is 25.6. The first-order valence-electron chi connectivity index (χ1n) is 25.6. The normalized spacial score (nSPS) is 15.5. The summed E-state index contributed by atoms with van der Waals surface area (Å²) in [6.07, 6.45) is 0. The second-order valence-electron chi connectivity index (χ2n) is 23.7. The maximum Gasteiger partial charge on any atom is 0.139 e. The Morgan fingerprint density at radius 2 is 0.859 bits per heavy atom. The third-order valence-electron chi connectivity index (χ3n) is 16.8. The maximum atomic E-state index is 7.02. The van der Waals surface area contributed by atoms with Crippen molar-refractivity contribution in [2.45, 2.75) is 96.3 Å². The summed E-state index contributed by atoms with van der Waals surface area (Å²) in [4.78, 5) is 2.49. The van der Waals surface area contributed by atoms with Crippen molar-refractivity contribution < 1.29 is 4.42 Å². The van der Waals surface area contributed by atoms with Crippen molar-refractivity contribution in [3.8, 4) is 33.4 Å². The number of rotatable bonds is 5. The number of fused-ring (bicyclic) bond motifs is 12. The molecule has 13 rings (SSSR count). The van der Waals surface area contributed by atoms with Crippen molar-refractivity contribution in [3.05, 3.63) is 244 Å². The van der Waals surface area contributed by atoms with Crippen LogP contribution < -0.4 is 4.90 Å². The molecule has 10 aromatic rings. The second-order valence-corrected chi connectivity index (χ2v) is 23.7. The van der Waals surface area contributed by atoms with Gasteiger partial charge in [-0.2, -0.15) is 0 Å². The zero-order valence-corrected chi connectivity index (χ0v) is 42.8. The topological polar surface area (TPSA) is 16.4 Å². The molecule has 0 radical (unpaired) electrons. The molecule has 3 aliphatic rings. The molecular formula is C69H61NO. The summed E-state index contributed by atoms with van der Waals surface area (Å²) >= 11 is 0. The number of nitrogens with zero attached hydrogens (tertiary/aromatic N) is 1. The van der Waals surface area contributed by atoms with E-state index in [4.69, 9.17) is 4.42 Å². The molecule has 0 N–H and O–H groups in total. The van der Waals surface area contributed by atoms with Crippen molar-refractivity contribution in [1.82, 2.24) is 0 Å². The number of hydrogen-bond acceptors (Lipinski definition) is 2. The summed E-state index contributed by atoms with van der Waals surface area (Å²) in [5, 5.41) is 2.41. The molecule has 9 aromatic carbocycles. The van der Waals surface area contributed by atoms with Gasteiger partial charge in [0.1, 0.15) is 11.2 Å². The van der Waals surface area contributed by atoms with Crippen molar-refractivity contribution in [1.29, 1.82) is 0 Å². The van der Waals surface area contributed by atoms with Crippen LogP contribution in [0.3, 0.4) is 0 Å². The summed E-state index contributed by atoms with van der Waals surface area (Å²) in [6, 6.07) is 71.5. The van der Waals surface area contributed by atoms with Crippen molar-refractivity contribution in [3.63, 3.8) is 0 Å². The average Bonchev–Trinajstić information content (AvgIpc) is 4.02. The van der Waals surface area contributed by atoms with Crippen LogP contribution in [0.2, 0.25) is 0 Å².